The standard InChI is InChI=1S/C17H28N4O4/c1-17(2,3)25-16(22)20-9-8-19-15(18)21-11-12-6-7-13(23-4)14(10-12)24-5/h6-7,10H,8-9,11H2,1-5H3,(H,20,22)(H3,18,19,21). The summed E-state index contributed by atoms with van der Waals surface area (Å²) in [5, 5.41) is 5.56. The van der Waals surface area contributed by atoms with Crippen LogP contribution in [0.3, 0.4) is 0 Å². The molecule has 0 saturated carbocycles. The molecule has 0 fully saturated rings. The zero-order valence-electron chi connectivity index (χ0n) is 15.5. The van der Waals surface area contributed by atoms with E-state index in [0.29, 0.717) is 37.1 Å². The fourth-order valence-electron chi connectivity index (χ4n) is 1.88. The van der Waals surface area contributed by atoms with Gasteiger partial charge in [0, 0.05) is 13.1 Å². The maximum atomic E-state index is 11.5. The molecule has 0 bridgehead atoms. The van der Waals surface area contributed by atoms with Gasteiger partial charge in [-0.2, -0.15) is 0 Å². The molecule has 0 saturated heterocycles. The fraction of sp³-hybridized carbons (Fsp3) is 0.529. The van der Waals surface area contributed by atoms with E-state index in [9.17, 15) is 4.79 Å². The van der Waals surface area contributed by atoms with Crippen LogP contribution in [0.25, 0.3) is 0 Å². The molecular weight excluding hydrogens is 324 g/mol. The van der Waals surface area contributed by atoms with Crippen molar-refractivity contribution in [1.82, 2.24) is 10.6 Å². The number of nitrogens with zero attached hydrogens (tertiary/aromatic N) is 1. The number of aliphatic imine (C=N–C) groups is 1. The lowest BCUT2D eigenvalue weighted by atomic mass is 10.2. The average Bonchev–Trinajstić information content (AvgIpc) is 2.55. The maximum Gasteiger partial charge on any atom is 0.407 e. The molecule has 0 aromatic heterocycles. The van der Waals surface area contributed by atoms with E-state index in [4.69, 9.17) is 19.9 Å². The zero-order chi connectivity index (χ0) is 18.9. The minimum absolute atomic E-state index is 0.292. The first-order valence-corrected chi connectivity index (χ1v) is 7.96. The zero-order valence-corrected chi connectivity index (χ0v) is 15.5. The van der Waals surface area contributed by atoms with Gasteiger partial charge in [0.25, 0.3) is 0 Å². The lowest BCUT2D eigenvalue weighted by molar-refractivity contribution is 0.0529. The molecule has 1 amide bonds. The van der Waals surface area contributed by atoms with Gasteiger partial charge in [-0.25, -0.2) is 9.79 Å². The van der Waals surface area contributed by atoms with E-state index in [2.05, 4.69) is 15.6 Å². The first-order valence-electron chi connectivity index (χ1n) is 7.96. The van der Waals surface area contributed by atoms with E-state index in [1.54, 1.807) is 14.2 Å². The predicted octanol–water partition coefficient (Wildman–Crippen LogP) is 1.63. The number of nitrogens with one attached hydrogen (secondary N) is 2. The first-order chi connectivity index (χ1) is 11.7. The van der Waals surface area contributed by atoms with E-state index in [0.717, 1.165) is 5.56 Å². The summed E-state index contributed by atoms with van der Waals surface area (Å²) in [6.45, 7) is 6.65. The summed E-state index contributed by atoms with van der Waals surface area (Å²) in [7, 11) is 3.17. The van der Waals surface area contributed by atoms with E-state index in [-0.39, 0.29) is 0 Å². The Labute approximate surface area is 148 Å². The minimum Gasteiger partial charge on any atom is -0.493 e. The number of benzene rings is 1. The number of alkyl carbamates (subject to hydrolysis) is 1. The maximum absolute atomic E-state index is 11.5. The van der Waals surface area contributed by atoms with Gasteiger partial charge in [-0.05, 0) is 38.5 Å². The van der Waals surface area contributed by atoms with Crippen molar-refractivity contribution in [3.8, 4) is 11.5 Å². The third-order valence-corrected chi connectivity index (χ3v) is 2.98. The number of ether oxygens (including phenoxy) is 3. The molecule has 1 aromatic rings. The van der Waals surface area contributed by atoms with Crippen molar-refractivity contribution in [2.24, 2.45) is 10.7 Å². The summed E-state index contributed by atoms with van der Waals surface area (Å²) in [6, 6.07) is 5.56. The third-order valence-electron chi connectivity index (χ3n) is 2.98. The molecule has 0 aliphatic heterocycles. The van der Waals surface area contributed by atoms with Crippen molar-refractivity contribution >= 4 is 12.1 Å². The summed E-state index contributed by atoms with van der Waals surface area (Å²) in [5.41, 5.74) is 6.23. The molecule has 0 aliphatic carbocycles. The average molecular weight is 352 g/mol. The summed E-state index contributed by atoms with van der Waals surface area (Å²) in [6.07, 6.45) is -0.463. The highest BCUT2D eigenvalue weighted by Crippen LogP contribution is 2.27. The number of hydrogen-bond donors (Lipinski definition) is 3. The van der Waals surface area contributed by atoms with Gasteiger partial charge >= 0.3 is 6.09 Å². The number of hydrogen-bond acceptors (Lipinski definition) is 5. The second kappa shape index (κ2) is 9.61. The summed E-state index contributed by atoms with van der Waals surface area (Å²) < 4.78 is 15.6. The van der Waals surface area contributed by atoms with Crippen LogP contribution in [0.5, 0.6) is 11.5 Å². The van der Waals surface area contributed by atoms with Gasteiger partial charge in [0.2, 0.25) is 0 Å². The van der Waals surface area contributed by atoms with Crippen LogP contribution in [0, 0.1) is 0 Å². The van der Waals surface area contributed by atoms with Gasteiger partial charge in [-0.15, -0.1) is 0 Å². The number of carbonyl (C=O) groups is 1. The van der Waals surface area contributed by atoms with E-state index in [1.165, 1.54) is 0 Å². The molecule has 1 rings (SSSR count). The first kappa shape index (κ1) is 20.4. The summed E-state index contributed by atoms with van der Waals surface area (Å²) >= 11 is 0. The molecular formula is C17H28N4O4. The van der Waals surface area contributed by atoms with Crippen LogP contribution in [-0.2, 0) is 11.3 Å². The topological polar surface area (TPSA) is 107 Å². The van der Waals surface area contributed by atoms with Crippen LogP contribution >= 0.6 is 0 Å². The van der Waals surface area contributed by atoms with Crippen LogP contribution in [0.15, 0.2) is 23.2 Å². The number of rotatable bonds is 7. The highest BCUT2D eigenvalue weighted by Gasteiger charge is 2.15. The van der Waals surface area contributed by atoms with Crippen molar-refractivity contribution in [3.05, 3.63) is 23.8 Å². The lowest BCUT2D eigenvalue weighted by Crippen LogP contribution is -2.40. The van der Waals surface area contributed by atoms with Crippen LogP contribution in [0.4, 0.5) is 4.79 Å². The fourth-order valence-corrected chi connectivity index (χ4v) is 1.88. The van der Waals surface area contributed by atoms with E-state index in [1.807, 2.05) is 39.0 Å². The van der Waals surface area contributed by atoms with E-state index >= 15 is 0 Å². The molecule has 25 heavy (non-hydrogen) atoms. The number of carbonyl (C=O) groups excluding carboxylic acids is 1. The van der Waals surface area contributed by atoms with E-state index < -0.39 is 11.7 Å². The third kappa shape index (κ3) is 8.14. The second-order valence-corrected chi connectivity index (χ2v) is 6.25. The predicted molar refractivity (Wildman–Crippen MR) is 97.1 cm³/mol. The smallest absolute Gasteiger partial charge is 0.407 e. The molecule has 0 unspecified atom stereocenters. The van der Waals surface area contributed by atoms with Gasteiger partial charge in [0.05, 0.1) is 20.8 Å². The second-order valence-electron chi connectivity index (χ2n) is 6.25. The highest BCUT2D eigenvalue weighted by molar-refractivity contribution is 5.77. The molecule has 140 valence electrons. The number of nitrogens with two attached hydrogens (primary N) is 1. The molecule has 4 N–H and O–H groups in total. The summed E-state index contributed by atoms with van der Waals surface area (Å²) in [5.74, 6) is 1.60. The van der Waals surface area contributed by atoms with Gasteiger partial charge in [0.15, 0.2) is 17.5 Å². The van der Waals surface area contributed by atoms with Gasteiger partial charge in [0.1, 0.15) is 5.60 Å². The van der Waals surface area contributed by atoms with Crippen molar-refractivity contribution < 1.29 is 19.0 Å². The Hall–Kier alpha value is -2.64. The van der Waals surface area contributed by atoms with Gasteiger partial charge in [-0.3, -0.25) is 0 Å². The van der Waals surface area contributed by atoms with Gasteiger partial charge in [-0.1, -0.05) is 6.07 Å². The molecule has 8 nitrogen and oxygen atoms in total. The monoisotopic (exact) mass is 352 g/mol. The molecule has 0 atom stereocenters. The Bertz CT molecular complexity index is 597. The number of methoxy groups -OCH3 is 2. The van der Waals surface area contributed by atoms with Crippen molar-refractivity contribution in [2.75, 3.05) is 27.3 Å². The Morgan fingerprint density at radius 3 is 2.36 bits per heavy atom. The Morgan fingerprint density at radius 2 is 1.76 bits per heavy atom. The Morgan fingerprint density at radius 1 is 1.12 bits per heavy atom. The van der Waals surface area contributed by atoms with Crippen LogP contribution in [0.1, 0.15) is 26.3 Å². The largest absolute Gasteiger partial charge is 0.493 e. The van der Waals surface area contributed by atoms with Crippen molar-refractivity contribution in [3.63, 3.8) is 0 Å². The summed E-state index contributed by atoms with van der Waals surface area (Å²) in [4.78, 5) is 15.7. The van der Waals surface area contributed by atoms with Crippen LogP contribution in [0.2, 0.25) is 0 Å². The minimum atomic E-state index is -0.516. The Balaban J connectivity index is 2.38. The quantitative estimate of drug-likeness (QED) is 0.391. The van der Waals surface area contributed by atoms with Crippen molar-refractivity contribution in [2.45, 2.75) is 32.9 Å². The normalized spacial score (nSPS) is 11.6. The van der Waals surface area contributed by atoms with Gasteiger partial charge < -0.3 is 30.6 Å². The van der Waals surface area contributed by atoms with Crippen molar-refractivity contribution in [1.29, 1.82) is 0 Å². The molecule has 8 heteroatoms. The molecule has 0 aliphatic rings. The molecule has 1 aromatic carbocycles. The number of amides is 1. The Kier molecular flexibility index (Phi) is 7.84. The van der Waals surface area contributed by atoms with Crippen LogP contribution in [-0.4, -0.2) is 45.0 Å². The molecule has 0 radical (unpaired) electrons. The SMILES string of the molecule is COc1ccc(CN=C(N)NCCNC(=O)OC(C)(C)C)cc1OC. The lowest BCUT2D eigenvalue weighted by Gasteiger charge is -2.19. The molecule has 0 heterocycles. The molecule has 0 spiro atoms. The highest BCUT2D eigenvalue weighted by atomic mass is 16.6. The number of guanidine groups is 1. The van der Waals surface area contributed by atoms with Crippen LogP contribution < -0.4 is 25.8 Å².